The summed E-state index contributed by atoms with van der Waals surface area (Å²) in [7, 11) is 0. The van der Waals surface area contributed by atoms with E-state index >= 15 is 0 Å². The molecule has 1 aliphatic rings. The van der Waals surface area contributed by atoms with Crippen molar-refractivity contribution in [2.75, 3.05) is 5.32 Å². The molecule has 1 unspecified atom stereocenters. The Morgan fingerprint density at radius 1 is 1.53 bits per heavy atom. The summed E-state index contributed by atoms with van der Waals surface area (Å²) in [6, 6.07) is 1.13. The zero-order valence-corrected chi connectivity index (χ0v) is 11.1. The minimum atomic E-state index is -1.47. The number of aliphatic hydroxyl groups is 1. The number of rotatable bonds is 1. The molecular formula is C14H16FNO3. The summed E-state index contributed by atoms with van der Waals surface area (Å²) in [6.45, 7) is 4.32. The van der Waals surface area contributed by atoms with E-state index in [1.807, 2.05) is 0 Å². The fourth-order valence-corrected chi connectivity index (χ4v) is 2.41. The average Bonchev–Trinajstić information content (AvgIpc) is 2.28. The van der Waals surface area contributed by atoms with E-state index in [0.29, 0.717) is 17.5 Å². The number of Topliss-reactive ketones (excluding diaryl/α,β-unsaturated/α-hetero) is 1. The van der Waals surface area contributed by atoms with Crippen LogP contribution in [0.3, 0.4) is 0 Å². The maximum absolute atomic E-state index is 13.8. The summed E-state index contributed by atoms with van der Waals surface area (Å²) in [5.74, 6) is -1.32. The first-order valence-corrected chi connectivity index (χ1v) is 6.11. The summed E-state index contributed by atoms with van der Waals surface area (Å²) >= 11 is 0. The van der Waals surface area contributed by atoms with Gasteiger partial charge in [-0.25, -0.2) is 4.39 Å². The van der Waals surface area contributed by atoms with Gasteiger partial charge in [-0.15, -0.1) is 0 Å². The van der Waals surface area contributed by atoms with Crippen LogP contribution in [0.2, 0.25) is 0 Å². The molecule has 0 bridgehead atoms. The van der Waals surface area contributed by atoms with E-state index in [9.17, 15) is 19.1 Å². The van der Waals surface area contributed by atoms with Gasteiger partial charge in [-0.2, -0.15) is 0 Å². The van der Waals surface area contributed by atoms with Crippen molar-refractivity contribution in [2.45, 2.75) is 39.2 Å². The third kappa shape index (κ3) is 2.26. The van der Waals surface area contributed by atoms with Crippen LogP contribution in [0, 0.1) is 12.7 Å². The Balaban J connectivity index is 2.68. The Kier molecular flexibility index (Phi) is 3.18. The number of carbonyl (C=O) groups is 2. The molecule has 0 aliphatic heterocycles. The van der Waals surface area contributed by atoms with E-state index in [4.69, 9.17) is 0 Å². The monoisotopic (exact) mass is 265 g/mol. The Labute approximate surface area is 110 Å². The summed E-state index contributed by atoms with van der Waals surface area (Å²) in [5.41, 5.74) is -0.140. The molecule has 2 rings (SSSR count). The number of hydrogen-bond acceptors (Lipinski definition) is 3. The van der Waals surface area contributed by atoms with Crippen LogP contribution < -0.4 is 5.32 Å². The molecule has 1 atom stereocenters. The van der Waals surface area contributed by atoms with Crippen LogP contribution in [0.15, 0.2) is 6.07 Å². The highest BCUT2D eigenvalue weighted by Crippen LogP contribution is 2.36. The van der Waals surface area contributed by atoms with E-state index in [1.54, 1.807) is 6.92 Å². The molecule has 0 heterocycles. The largest absolute Gasteiger partial charge is 0.382 e. The second kappa shape index (κ2) is 4.42. The fraction of sp³-hybridized carbons (Fsp3) is 0.429. The Hall–Kier alpha value is -1.75. The first-order valence-electron chi connectivity index (χ1n) is 6.11. The highest BCUT2D eigenvalue weighted by Gasteiger charge is 2.39. The van der Waals surface area contributed by atoms with Crippen molar-refractivity contribution in [1.82, 2.24) is 0 Å². The van der Waals surface area contributed by atoms with E-state index in [-0.39, 0.29) is 23.6 Å². The summed E-state index contributed by atoms with van der Waals surface area (Å²) < 4.78 is 13.8. The molecule has 102 valence electrons. The van der Waals surface area contributed by atoms with Crippen molar-refractivity contribution in [3.05, 3.63) is 28.6 Å². The zero-order valence-electron chi connectivity index (χ0n) is 11.1. The molecule has 0 saturated carbocycles. The molecule has 0 fully saturated rings. The normalized spacial score (nSPS) is 22.1. The van der Waals surface area contributed by atoms with Gasteiger partial charge in [0.15, 0.2) is 5.78 Å². The number of carbonyl (C=O) groups excluding carboxylic acids is 2. The third-order valence-electron chi connectivity index (χ3n) is 3.54. The highest BCUT2D eigenvalue weighted by molar-refractivity contribution is 6.10. The number of halogens is 1. The number of nitrogens with one attached hydrogen (secondary N) is 1. The van der Waals surface area contributed by atoms with Gasteiger partial charge in [0, 0.05) is 12.5 Å². The lowest BCUT2D eigenvalue weighted by atomic mass is 9.78. The molecule has 19 heavy (non-hydrogen) atoms. The third-order valence-corrected chi connectivity index (χ3v) is 3.54. The number of fused-ring (bicyclic) bond motifs is 1. The summed E-state index contributed by atoms with van der Waals surface area (Å²) in [5, 5.41) is 12.5. The van der Waals surface area contributed by atoms with Crippen molar-refractivity contribution in [1.29, 1.82) is 0 Å². The second-order valence-electron chi connectivity index (χ2n) is 5.17. The molecule has 5 heteroatoms. The van der Waals surface area contributed by atoms with E-state index < -0.39 is 17.2 Å². The Morgan fingerprint density at radius 2 is 2.16 bits per heavy atom. The number of amides is 1. The van der Waals surface area contributed by atoms with E-state index in [0.717, 1.165) is 6.07 Å². The number of anilines is 1. The van der Waals surface area contributed by atoms with Crippen LogP contribution in [0.4, 0.5) is 10.1 Å². The average molecular weight is 265 g/mol. The topological polar surface area (TPSA) is 66.4 Å². The van der Waals surface area contributed by atoms with Gasteiger partial charge in [0.05, 0.1) is 5.69 Å². The first-order chi connectivity index (χ1) is 8.74. The van der Waals surface area contributed by atoms with Gasteiger partial charge in [-0.05, 0) is 43.9 Å². The molecule has 0 saturated heterocycles. The number of benzene rings is 1. The molecule has 1 aliphatic carbocycles. The first kappa shape index (κ1) is 13.7. The fourth-order valence-electron chi connectivity index (χ4n) is 2.41. The molecule has 2 N–H and O–H groups in total. The van der Waals surface area contributed by atoms with Crippen molar-refractivity contribution in [3.63, 3.8) is 0 Å². The standard InChI is InChI=1S/C14H16FNO3/c1-7-9-4-5-14(3,19)13(18)12(9)11(6-10(7)15)16-8(2)17/h6,19H,4-5H2,1-3H3,(H,16,17). The van der Waals surface area contributed by atoms with Gasteiger partial charge in [0.25, 0.3) is 0 Å². The molecule has 0 aromatic heterocycles. The highest BCUT2D eigenvalue weighted by atomic mass is 19.1. The van der Waals surface area contributed by atoms with Crippen molar-refractivity contribution in [2.24, 2.45) is 0 Å². The van der Waals surface area contributed by atoms with Crippen LogP contribution in [0.1, 0.15) is 41.8 Å². The molecule has 1 amide bonds. The lowest BCUT2D eigenvalue weighted by molar-refractivity contribution is -0.114. The van der Waals surface area contributed by atoms with E-state index in [2.05, 4.69) is 5.32 Å². The van der Waals surface area contributed by atoms with Crippen molar-refractivity contribution in [3.8, 4) is 0 Å². The SMILES string of the molecule is CC(=O)Nc1cc(F)c(C)c2c1C(=O)C(C)(O)CC2. The predicted molar refractivity (Wildman–Crippen MR) is 68.7 cm³/mol. The van der Waals surface area contributed by atoms with Crippen LogP contribution in [-0.2, 0) is 11.2 Å². The van der Waals surface area contributed by atoms with Gasteiger partial charge in [-0.3, -0.25) is 9.59 Å². The van der Waals surface area contributed by atoms with Crippen LogP contribution >= 0.6 is 0 Å². The lowest BCUT2D eigenvalue weighted by Crippen LogP contribution is -2.40. The van der Waals surface area contributed by atoms with E-state index in [1.165, 1.54) is 13.8 Å². The summed E-state index contributed by atoms with van der Waals surface area (Å²) in [4.78, 5) is 23.4. The predicted octanol–water partition coefficient (Wildman–Crippen LogP) is 1.97. The van der Waals surface area contributed by atoms with Crippen LogP contribution in [0.25, 0.3) is 0 Å². The van der Waals surface area contributed by atoms with Gasteiger partial charge in [0.2, 0.25) is 5.91 Å². The van der Waals surface area contributed by atoms with Crippen LogP contribution in [-0.4, -0.2) is 22.4 Å². The van der Waals surface area contributed by atoms with Gasteiger partial charge >= 0.3 is 0 Å². The smallest absolute Gasteiger partial charge is 0.221 e. The molecule has 4 nitrogen and oxygen atoms in total. The zero-order chi connectivity index (χ0) is 14.4. The van der Waals surface area contributed by atoms with Gasteiger partial charge in [0.1, 0.15) is 11.4 Å². The summed E-state index contributed by atoms with van der Waals surface area (Å²) in [6.07, 6.45) is 0.660. The molecular weight excluding hydrogens is 249 g/mol. The van der Waals surface area contributed by atoms with Crippen molar-refractivity contribution < 1.29 is 19.1 Å². The molecule has 0 spiro atoms. The Bertz CT molecular complexity index is 579. The number of ketones is 1. The minimum Gasteiger partial charge on any atom is -0.382 e. The van der Waals surface area contributed by atoms with Gasteiger partial charge in [-0.1, -0.05) is 0 Å². The maximum Gasteiger partial charge on any atom is 0.221 e. The number of hydrogen-bond donors (Lipinski definition) is 2. The van der Waals surface area contributed by atoms with Crippen LogP contribution in [0.5, 0.6) is 0 Å². The van der Waals surface area contributed by atoms with Crippen molar-refractivity contribution >= 4 is 17.4 Å². The second-order valence-corrected chi connectivity index (χ2v) is 5.17. The Morgan fingerprint density at radius 3 is 2.74 bits per heavy atom. The molecule has 0 radical (unpaired) electrons. The van der Waals surface area contributed by atoms with Gasteiger partial charge < -0.3 is 10.4 Å². The molecule has 1 aromatic carbocycles. The maximum atomic E-state index is 13.8. The minimum absolute atomic E-state index is 0.135. The quantitative estimate of drug-likeness (QED) is 0.815. The molecule has 1 aromatic rings. The lowest BCUT2D eigenvalue weighted by Gasteiger charge is -2.31.